The predicted octanol–water partition coefficient (Wildman–Crippen LogP) is 3.03. The third-order valence-electron chi connectivity index (χ3n) is 3.38. The number of carbonyl (C=O) groups excluding carboxylic acids is 1. The van der Waals surface area contributed by atoms with Crippen LogP contribution in [0.3, 0.4) is 0 Å². The van der Waals surface area contributed by atoms with Gasteiger partial charge in [-0.1, -0.05) is 29.8 Å². The monoisotopic (exact) mass is 284 g/mol. The molecule has 0 aliphatic heterocycles. The number of hydrogen-bond acceptors (Lipinski definition) is 4. The average Bonchev–Trinajstić information content (AvgIpc) is 2.52. The molecule has 1 heterocycles. The molecule has 1 atom stereocenters. The van der Waals surface area contributed by atoms with Crippen molar-refractivity contribution in [1.82, 2.24) is 10.3 Å². The van der Waals surface area contributed by atoms with Crippen LogP contribution in [0.4, 0.5) is 0 Å². The van der Waals surface area contributed by atoms with E-state index in [9.17, 15) is 4.79 Å². The van der Waals surface area contributed by atoms with E-state index < -0.39 is 0 Å². The largest absolute Gasteiger partial charge is 0.465 e. The minimum absolute atomic E-state index is 0.243. The Balaban J connectivity index is 1.95. The summed E-state index contributed by atoms with van der Waals surface area (Å²) in [7, 11) is 1.36. The third-order valence-corrected chi connectivity index (χ3v) is 3.38. The van der Waals surface area contributed by atoms with Crippen LogP contribution in [0.25, 0.3) is 0 Å². The minimum Gasteiger partial charge on any atom is -0.465 e. The van der Waals surface area contributed by atoms with E-state index in [1.807, 2.05) is 6.07 Å². The summed E-state index contributed by atoms with van der Waals surface area (Å²) < 4.78 is 4.65. The molecule has 4 heteroatoms. The van der Waals surface area contributed by atoms with Crippen LogP contribution in [0, 0.1) is 6.92 Å². The van der Waals surface area contributed by atoms with Gasteiger partial charge in [0.1, 0.15) is 0 Å². The Hall–Kier alpha value is -2.20. The van der Waals surface area contributed by atoms with E-state index >= 15 is 0 Å². The van der Waals surface area contributed by atoms with E-state index in [1.54, 1.807) is 12.3 Å². The molecule has 0 spiro atoms. The number of hydrogen-bond donors (Lipinski definition) is 1. The molecule has 110 valence electrons. The van der Waals surface area contributed by atoms with E-state index in [4.69, 9.17) is 0 Å². The van der Waals surface area contributed by atoms with Gasteiger partial charge in [0, 0.05) is 18.8 Å². The van der Waals surface area contributed by atoms with Crippen LogP contribution >= 0.6 is 0 Å². The number of nitrogens with one attached hydrogen (secondary N) is 1. The molecule has 0 unspecified atom stereocenters. The Morgan fingerprint density at radius 1 is 1.33 bits per heavy atom. The van der Waals surface area contributed by atoms with Crippen LogP contribution < -0.4 is 5.32 Å². The fraction of sp³-hybridized carbons (Fsp3) is 0.294. The van der Waals surface area contributed by atoms with Gasteiger partial charge in [0.2, 0.25) is 0 Å². The van der Waals surface area contributed by atoms with Crippen LogP contribution in [0.5, 0.6) is 0 Å². The number of benzene rings is 1. The number of carbonyl (C=O) groups is 1. The number of aryl methyl sites for hydroxylation is 1. The van der Waals surface area contributed by atoms with Crippen molar-refractivity contribution >= 4 is 5.97 Å². The molecule has 2 rings (SSSR count). The first-order chi connectivity index (χ1) is 10.1. The van der Waals surface area contributed by atoms with Gasteiger partial charge < -0.3 is 10.1 Å². The maximum Gasteiger partial charge on any atom is 0.339 e. The Labute approximate surface area is 125 Å². The van der Waals surface area contributed by atoms with E-state index in [2.05, 4.69) is 53.2 Å². The standard InChI is InChI=1S/C17H20N2O2/c1-12-5-4-6-14(9-12)13(2)18-11-16-8-7-15(10-19-16)17(20)21-3/h4-10,13,18H,11H2,1-3H3/t13-/m1/s1. The van der Waals surface area contributed by atoms with Crippen molar-refractivity contribution in [1.29, 1.82) is 0 Å². The van der Waals surface area contributed by atoms with Gasteiger partial charge in [0.05, 0.1) is 18.4 Å². The van der Waals surface area contributed by atoms with Crippen molar-refractivity contribution in [3.05, 3.63) is 65.0 Å². The highest BCUT2D eigenvalue weighted by atomic mass is 16.5. The molecule has 0 radical (unpaired) electrons. The van der Waals surface area contributed by atoms with Gasteiger partial charge in [0.15, 0.2) is 0 Å². The lowest BCUT2D eigenvalue weighted by atomic mass is 10.1. The minimum atomic E-state index is -0.366. The quantitative estimate of drug-likeness (QED) is 0.857. The molecule has 0 bridgehead atoms. The molecule has 1 aromatic heterocycles. The van der Waals surface area contributed by atoms with Gasteiger partial charge in [-0.15, -0.1) is 0 Å². The molecule has 1 N–H and O–H groups in total. The highest BCUT2D eigenvalue weighted by Crippen LogP contribution is 2.14. The normalized spacial score (nSPS) is 12.0. The predicted molar refractivity (Wildman–Crippen MR) is 82.0 cm³/mol. The number of pyridine rings is 1. The Kier molecular flexibility index (Phi) is 5.06. The van der Waals surface area contributed by atoms with Gasteiger partial charge in [-0.25, -0.2) is 4.79 Å². The molecular weight excluding hydrogens is 264 g/mol. The topological polar surface area (TPSA) is 51.2 Å². The maximum absolute atomic E-state index is 11.3. The molecule has 0 aliphatic carbocycles. The first-order valence-electron chi connectivity index (χ1n) is 6.93. The molecule has 21 heavy (non-hydrogen) atoms. The summed E-state index contributed by atoms with van der Waals surface area (Å²) in [5.41, 5.74) is 3.86. The van der Waals surface area contributed by atoms with E-state index in [1.165, 1.54) is 18.2 Å². The number of rotatable bonds is 5. The second-order valence-corrected chi connectivity index (χ2v) is 5.05. The fourth-order valence-corrected chi connectivity index (χ4v) is 2.08. The number of ether oxygens (including phenoxy) is 1. The molecule has 0 saturated carbocycles. The summed E-state index contributed by atoms with van der Waals surface area (Å²) in [6.07, 6.45) is 1.54. The second kappa shape index (κ2) is 6.99. The molecular formula is C17H20N2O2. The lowest BCUT2D eigenvalue weighted by molar-refractivity contribution is 0.0600. The summed E-state index contributed by atoms with van der Waals surface area (Å²) in [6.45, 7) is 4.86. The number of nitrogens with zero attached hydrogens (tertiary/aromatic N) is 1. The Bertz CT molecular complexity index is 608. The zero-order valence-corrected chi connectivity index (χ0v) is 12.6. The highest BCUT2D eigenvalue weighted by molar-refractivity contribution is 5.88. The van der Waals surface area contributed by atoms with Crippen molar-refractivity contribution in [2.75, 3.05) is 7.11 Å². The van der Waals surface area contributed by atoms with E-state index in [0.717, 1.165) is 5.69 Å². The van der Waals surface area contributed by atoms with Crippen molar-refractivity contribution in [3.8, 4) is 0 Å². The van der Waals surface area contributed by atoms with E-state index in [-0.39, 0.29) is 12.0 Å². The third kappa shape index (κ3) is 4.13. The summed E-state index contributed by atoms with van der Waals surface area (Å²) in [6, 6.07) is 12.2. The van der Waals surface area contributed by atoms with Crippen LogP contribution in [0.2, 0.25) is 0 Å². The van der Waals surface area contributed by atoms with Gasteiger partial charge in [-0.05, 0) is 31.5 Å². The van der Waals surface area contributed by atoms with E-state index in [0.29, 0.717) is 12.1 Å². The molecule has 0 aliphatic rings. The highest BCUT2D eigenvalue weighted by Gasteiger charge is 2.07. The lowest BCUT2D eigenvalue weighted by Gasteiger charge is -2.14. The summed E-state index contributed by atoms with van der Waals surface area (Å²) >= 11 is 0. The first kappa shape index (κ1) is 15.2. The van der Waals surface area contributed by atoms with Crippen molar-refractivity contribution in [3.63, 3.8) is 0 Å². The zero-order chi connectivity index (χ0) is 15.2. The molecule has 0 amide bonds. The van der Waals surface area contributed by atoms with Gasteiger partial charge >= 0.3 is 5.97 Å². The molecule has 1 aromatic carbocycles. The first-order valence-corrected chi connectivity index (χ1v) is 6.93. The van der Waals surface area contributed by atoms with Crippen molar-refractivity contribution < 1.29 is 9.53 Å². The fourth-order valence-electron chi connectivity index (χ4n) is 2.08. The second-order valence-electron chi connectivity index (χ2n) is 5.05. The van der Waals surface area contributed by atoms with Gasteiger partial charge in [-0.2, -0.15) is 0 Å². The van der Waals surface area contributed by atoms with Crippen molar-refractivity contribution in [2.24, 2.45) is 0 Å². The van der Waals surface area contributed by atoms with Crippen LogP contribution in [-0.2, 0) is 11.3 Å². The summed E-state index contributed by atoms with van der Waals surface area (Å²) in [4.78, 5) is 15.6. The smallest absolute Gasteiger partial charge is 0.339 e. The SMILES string of the molecule is COC(=O)c1ccc(CN[C@H](C)c2cccc(C)c2)nc1. The molecule has 0 saturated heterocycles. The Morgan fingerprint density at radius 3 is 2.76 bits per heavy atom. The number of esters is 1. The molecule has 0 fully saturated rings. The average molecular weight is 284 g/mol. The molecule has 2 aromatic rings. The van der Waals surface area contributed by atoms with Crippen LogP contribution in [-0.4, -0.2) is 18.1 Å². The maximum atomic E-state index is 11.3. The van der Waals surface area contributed by atoms with Gasteiger partial charge in [-0.3, -0.25) is 4.98 Å². The Morgan fingerprint density at radius 2 is 2.14 bits per heavy atom. The molecule has 4 nitrogen and oxygen atoms in total. The van der Waals surface area contributed by atoms with Crippen LogP contribution in [0.1, 0.15) is 40.1 Å². The number of aromatic nitrogens is 1. The lowest BCUT2D eigenvalue weighted by Crippen LogP contribution is -2.19. The van der Waals surface area contributed by atoms with Crippen molar-refractivity contribution in [2.45, 2.75) is 26.4 Å². The zero-order valence-electron chi connectivity index (χ0n) is 12.6. The number of methoxy groups -OCH3 is 1. The summed E-state index contributed by atoms with van der Waals surface area (Å²) in [5, 5.41) is 3.43. The summed E-state index contributed by atoms with van der Waals surface area (Å²) in [5.74, 6) is -0.366. The van der Waals surface area contributed by atoms with Crippen LogP contribution in [0.15, 0.2) is 42.6 Å². The van der Waals surface area contributed by atoms with Gasteiger partial charge in [0.25, 0.3) is 0 Å².